The van der Waals surface area contributed by atoms with Crippen molar-refractivity contribution in [2.24, 2.45) is 0 Å². The number of hydrogen-bond donors (Lipinski definition) is 1. The van der Waals surface area contributed by atoms with Crippen molar-refractivity contribution < 1.29 is 5.11 Å². The van der Waals surface area contributed by atoms with Crippen molar-refractivity contribution >= 4 is 0 Å². The van der Waals surface area contributed by atoms with Gasteiger partial charge in [0.25, 0.3) is 0 Å². The van der Waals surface area contributed by atoms with Gasteiger partial charge in [0.15, 0.2) is 0 Å². The molecular weight excluding hydrogens is 224 g/mol. The number of aliphatic hydroxyl groups excluding tert-OH is 1. The number of likely N-dealkylation sites (N-methyl/N-ethyl adjacent to an activating group) is 1. The Hall–Kier alpha value is -0.900. The third kappa shape index (κ3) is 2.91. The molecule has 0 aliphatic heterocycles. The quantitative estimate of drug-likeness (QED) is 0.856. The van der Waals surface area contributed by atoms with Crippen molar-refractivity contribution in [1.82, 2.24) is 9.80 Å². The highest BCUT2D eigenvalue weighted by molar-refractivity contribution is 5.35. The van der Waals surface area contributed by atoms with E-state index in [1.54, 1.807) is 0 Å². The lowest BCUT2D eigenvalue weighted by Gasteiger charge is -2.27. The lowest BCUT2D eigenvalue weighted by atomic mass is 10.1. The molecule has 18 heavy (non-hydrogen) atoms. The highest BCUT2D eigenvalue weighted by atomic mass is 16.3. The van der Waals surface area contributed by atoms with Crippen LogP contribution in [0.5, 0.6) is 0 Å². The molecule has 3 nitrogen and oxygen atoms in total. The molecule has 1 aromatic rings. The summed E-state index contributed by atoms with van der Waals surface area (Å²) < 4.78 is 0. The van der Waals surface area contributed by atoms with Crippen LogP contribution in [0.4, 0.5) is 0 Å². The zero-order valence-electron chi connectivity index (χ0n) is 11.6. The molecule has 0 heterocycles. The molecule has 0 saturated carbocycles. The SMILES string of the molecule is CN(C)CCCN(C)C1Cc2ccccc2C1O. The number of hydrogen-bond acceptors (Lipinski definition) is 3. The lowest BCUT2D eigenvalue weighted by Crippen LogP contribution is -2.36. The van der Waals surface area contributed by atoms with Crippen LogP contribution in [0.25, 0.3) is 0 Å². The van der Waals surface area contributed by atoms with E-state index in [1.807, 2.05) is 12.1 Å². The maximum Gasteiger partial charge on any atom is 0.0950 e. The number of fused-ring (bicyclic) bond motifs is 1. The molecule has 2 unspecified atom stereocenters. The van der Waals surface area contributed by atoms with Gasteiger partial charge in [-0.2, -0.15) is 0 Å². The van der Waals surface area contributed by atoms with Crippen molar-refractivity contribution in [3.63, 3.8) is 0 Å². The maximum absolute atomic E-state index is 10.4. The Bertz CT molecular complexity index is 392. The van der Waals surface area contributed by atoms with E-state index in [9.17, 15) is 5.11 Å². The minimum Gasteiger partial charge on any atom is -0.387 e. The van der Waals surface area contributed by atoms with Gasteiger partial charge in [0.2, 0.25) is 0 Å². The highest BCUT2D eigenvalue weighted by Crippen LogP contribution is 2.33. The second-order valence-corrected chi connectivity index (χ2v) is 5.55. The molecule has 1 aliphatic rings. The topological polar surface area (TPSA) is 26.7 Å². The summed E-state index contributed by atoms with van der Waals surface area (Å²) in [6.07, 6.45) is 1.78. The smallest absolute Gasteiger partial charge is 0.0950 e. The van der Waals surface area contributed by atoms with Crippen LogP contribution in [0.3, 0.4) is 0 Å². The van der Waals surface area contributed by atoms with Crippen LogP contribution in [0.1, 0.15) is 23.7 Å². The van der Waals surface area contributed by atoms with Crippen molar-refractivity contribution in [3.8, 4) is 0 Å². The Kier molecular flexibility index (Phi) is 4.38. The van der Waals surface area contributed by atoms with Crippen LogP contribution in [-0.2, 0) is 6.42 Å². The molecule has 1 N–H and O–H groups in total. The summed E-state index contributed by atoms with van der Waals surface area (Å²) in [4.78, 5) is 4.50. The van der Waals surface area contributed by atoms with Crippen molar-refractivity contribution in [3.05, 3.63) is 35.4 Å². The Labute approximate surface area is 110 Å². The molecule has 0 fully saturated rings. The molecule has 0 saturated heterocycles. The molecule has 2 atom stereocenters. The highest BCUT2D eigenvalue weighted by Gasteiger charge is 2.32. The number of nitrogens with zero attached hydrogens (tertiary/aromatic N) is 2. The van der Waals surface area contributed by atoms with Crippen LogP contribution in [0.15, 0.2) is 24.3 Å². The van der Waals surface area contributed by atoms with Crippen LogP contribution in [-0.4, -0.2) is 55.2 Å². The van der Waals surface area contributed by atoms with E-state index >= 15 is 0 Å². The first kappa shape index (κ1) is 13.5. The second kappa shape index (κ2) is 5.83. The zero-order valence-corrected chi connectivity index (χ0v) is 11.6. The predicted octanol–water partition coefficient (Wildman–Crippen LogP) is 1.53. The van der Waals surface area contributed by atoms with Gasteiger partial charge >= 0.3 is 0 Å². The Morgan fingerprint density at radius 3 is 2.56 bits per heavy atom. The first-order chi connectivity index (χ1) is 8.59. The average Bonchev–Trinajstić information content (AvgIpc) is 2.67. The third-order valence-corrected chi connectivity index (χ3v) is 3.85. The molecule has 0 radical (unpaired) electrons. The summed E-state index contributed by atoms with van der Waals surface area (Å²) in [5.41, 5.74) is 2.41. The van der Waals surface area contributed by atoms with E-state index in [0.29, 0.717) is 0 Å². The summed E-state index contributed by atoms with van der Waals surface area (Å²) in [6, 6.07) is 8.49. The molecular formula is C15H24N2O. The summed E-state index contributed by atoms with van der Waals surface area (Å²) in [7, 11) is 6.32. The number of rotatable bonds is 5. The summed E-state index contributed by atoms with van der Waals surface area (Å²) >= 11 is 0. The van der Waals surface area contributed by atoms with Gasteiger partial charge in [0.05, 0.1) is 6.10 Å². The Balaban J connectivity index is 1.92. The van der Waals surface area contributed by atoms with Crippen LogP contribution >= 0.6 is 0 Å². The largest absolute Gasteiger partial charge is 0.387 e. The second-order valence-electron chi connectivity index (χ2n) is 5.55. The maximum atomic E-state index is 10.4. The van der Waals surface area contributed by atoms with Crippen LogP contribution in [0, 0.1) is 0 Å². The zero-order chi connectivity index (χ0) is 13.1. The first-order valence-electron chi connectivity index (χ1n) is 6.70. The van der Waals surface area contributed by atoms with Crippen molar-refractivity contribution in [2.75, 3.05) is 34.2 Å². The van der Waals surface area contributed by atoms with Gasteiger partial charge in [-0.05, 0) is 58.2 Å². The molecule has 100 valence electrons. The molecule has 2 rings (SSSR count). The minimum atomic E-state index is -0.328. The van der Waals surface area contributed by atoms with Gasteiger partial charge < -0.3 is 14.9 Å². The molecule has 0 bridgehead atoms. The van der Waals surface area contributed by atoms with Gasteiger partial charge in [0.1, 0.15) is 0 Å². The molecule has 1 aliphatic carbocycles. The molecule has 0 spiro atoms. The van der Waals surface area contributed by atoms with E-state index in [2.05, 4.69) is 43.1 Å². The number of benzene rings is 1. The van der Waals surface area contributed by atoms with Gasteiger partial charge in [-0.1, -0.05) is 24.3 Å². The van der Waals surface area contributed by atoms with E-state index < -0.39 is 0 Å². The van der Waals surface area contributed by atoms with Gasteiger partial charge in [-0.3, -0.25) is 0 Å². The lowest BCUT2D eigenvalue weighted by molar-refractivity contribution is 0.0744. The molecule has 0 amide bonds. The molecule has 3 heteroatoms. The van der Waals surface area contributed by atoms with Crippen LogP contribution in [0.2, 0.25) is 0 Å². The third-order valence-electron chi connectivity index (χ3n) is 3.85. The van der Waals surface area contributed by atoms with Crippen LogP contribution < -0.4 is 0 Å². The normalized spacial score (nSPS) is 22.8. The predicted molar refractivity (Wildman–Crippen MR) is 74.7 cm³/mol. The van der Waals surface area contributed by atoms with Gasteiger partial charge in [-0.15, -0.1) is 0 Å². The summed E-state index contributed by atoms with van der Waals surface area (Å²) in [5, 5.41) is 10.4. The summed E-state index contributed by atoms with van der Waals surface area (Å²) in [5.74, 6) is 0. The van der Waals surface area contributed by atoms with E-state index in [4.69, 9.17) is 0 Å². The fraction of sp³-hybridized carbons (Fsp3) is 0.600. The van der Waals surface area contributed by atoms with Crippen molar-refractivity contribution in [1.29, 1.82) is 0 Å². The molecule has 1 aromatic carbocycles. The first-order valence-corrected chi connectivity index (χ1v) is 6.70. The van der Waals surface area contributed by atoms with E-state index in [1.165, 1.54) is 5.56 Å². The average molecular weight is 248 g/mol. The van der Waals surface area contributed by atoms with Crippen molar-refractivity contribution in [2.45, 2.75) is 25.0 Å². The Morgan fingerprint density at radius 1 is 1.17 bits per heavy atom. The fourth-order valence-electron chi connectivity index (χ4n) is 2.75. The van der Waals surface area contributed by atoms with E-state index in [0.717, 1.165) is 31.5 Å². The monoisotopic (exact) mass is 248 g/mol. The fourth-order valence-corrected chi connectivity index (χ4v) is 2.75. The summed E-state index contributed by atoms with van der Waals surface area (Å²) in [6.45, 7) is 2.13. The van der Waals surface area contributed by atoms with E-state index in [-0.39, 0.29) is 12.1 Å². The minimum absolute atomic E-state index is 0.240. The Morgan fingerprint density at radius 2 is 1.89 bits per heavy atom. The standard InChI is InChI=1S/C15H24N2O/c1-16(2)9-6-10-17(3)14-11-12-7-4-5-8-13(12)15(14)18/h4-5,7-8,14-15,18H,6,9-11H2,1-3H3. The van der Waals surface area contributed by atoms with Gasteiger partial charge in [0, 0.05) is 6.04 Å². The number of aliphatic hydroxyl groups is 1. The molecule has 0 aromatic heterocycles. The van der Waals surface area contributed by atoms with Gasteiger partial charge in [-0.25, -0.2) is 0 Å².